The number of imidazole rings is 1. The molecular formula is C18H16N6OS. The van der Waals surface area contributed by atoms with Gasteiger partial charge >= 0.3 is 6.03 Å². The van der Waals surface area contributed by atoms with Crippen molar-refractivity contribution in [1.82, 2.24) is 23.6 Å². The van der Waals surface area contributed by atoms with Crippen LogP contribution in [0.1, 0.15) is 5.69 Å². The third kappa shape index (κ3) is 3.27. The molecule has 1 aromatic carbocycles. The molecule has 130 valence electrons. The Kier molecular flexibility index (Phi) is 4.32. The Hall–Kier alpha value is -3.26. The van der Waals surface area contributed by atoms with Gasteiger partial charge in [0.25, 0.3) is 0 Å². The second-order valence-electron chi connectivity index (χ2n) is 5.75. The maximum Gasteiger partial charge on any atom is 0.323 e. The third-order valence-corrected chi connectivity index (χ3v) is 4.54. The number of anilines is 1. The van der Waals surface area contributed by atoms with E-state index in [2.05, 4.69) is 19.7 Å². The number of pyridine rings is 1. The van der Waals surface area contributed by atoms with Crippen LogP contribution in [0.5, 0.6) is 0 Å². The second kappa shape index (κ2) is 6.93. The first-order chi connectivity index (χ1) is 12.7. The van der Waals surface area contributed by atoms with E-state index >= 15 is 0 Å². The number of hydrogen-bond donors (Lipinski definition) is 1. The fourth-order valence-electron chi connectivity index (χ4n) is 2.58. The van der Waals surface area contributed by atoms with E-state index < -0.39 is 0 Å². The van der Waals surface area contributed by atoms with E-state index in [9.17, 15) is 4.79 Å². The van der Waals surface area contributed by atoms with Crippen molar-refractivity contribution in [2.24, 2.45) is 0 Å². The van der Waals surface area contributed by atoms with Gasteiger partial charge < -0.3 is 9.30 Å². The quantitative estimate of drug-likeness (QED) is 0.601. The highest BCUT2D eigenvalue weighted by Gasteiger charge is 2.14. The number of amides is 2. The topological polar surface area (TPSA) is 75.4 Å². The van der Waals surface area contributed by atoms with E-state index in [-0.39, 0.29) is 6.03 Å². The lowest BCUT2D eigenvalue weighted by Crippen LogP contribution is -2.31. The van der Waals surface area contributed by atoms with Crippen molar-refractivity contribution in [1.29, 1.82) is 0 Å². The molecule has 0 fully saturated rings. The van der Waals surface area contributed by atoms with E-state index in [1.54, 1.807) is 18.1 Å². The number of aromatic nitrogens is 4. The van der Waals surface area contributed by atoms with Gasteiger partial charge in [0.15, 0.2) is 5.82 Å². The van der Waals surface area contributed by atoms with Crippen molar-refractivity contribution >= 4 is 28.3 Å². The first-order valence-corrected chi connectivity index (χ1v) is 8.80. The number of carbonyl (C=O) groups excluding carboxylic acids is 1. The van der Waals surface area contributed by atoms with Gasteiger partial charge in [-0.15, -0.1) is 0 Å². The number of rotatable bonds is 4. The predicted octanol–water partition coefficient (Wildman–Crippen LogP) is 3.52. The highest BCUT2D eigenvalue weighted by molar-refractivity contribution is 7.10. The molecule has 0 aliphatic rings. The monoisotopic (exact) mass is 364 g/mol. The molecule has 4 rings (SSSR count). The summed E-state index contributed by atoms with van der Waals surface area (Å²) < 4.78 is 6.26. The number of hydrogen-bond acceptors (Lipinski definition) is 5. The molecule has 1 N–H and O–H groups in total. The predicted molar refractivity (Wildman–Crippen MR) is 101 cm³/mol. The number of carbonyl (C=O) groups is 1. The number of nitrogens with one attached hydrogen (secondary N) is 1. The van der Waals surface area contributed by atoms with E-state index in [0.29, 0.717) is 17.5 Å². The second-order valence-corrected chi connectivity index (χ2v) is 6.51. The van der Waals surface area contributed by atoms with Crippen molar-refractivity contribution in [3.8, 4) is 11.4 Å². The van der Waals surface area contributed by atoms with Crippen LogP contribution < -0.4 is 5.32 Å². The van der Waals surface area contributed by atoms with Gasteiger partial charge in [-0.3, -0.25) is 5.32 Å². The SMILES string of the molecule is CN(Cc1cnc2ccccn12)C(=O)Nc1nc(-c2ccccc2)ns1. The fourth-order valence-corrected chi connectivity index (χ4v) is 3.16. The summed E-state index contributed by atoms with van der Waals surface area (Å²) in [4.78, 5) is 22.7. The van der Waals surface area contributed by atoms with Crippen LogP contribution in [-0.4, -0.2) is 36.7 Å². The molecule has 7 nitrogen and oxygen atoms in total. The Balaban J connectivity index is 1.44. The minimum Gasteiger partial charge on any atom is -0.322 e. The van der Waals surface area contributed by atoms with Crippen LogP contribution in [-0.2, 0) is 6.54 Å². The summed E-state index contributed by atoms with van der Waals surface area (Å²) in [6, 6.07) is 15.2. The molecular weight excluding hydrogens is 348 g/mol. The van der Waals surface area contributed by atoms with Crippen LogP contribution in [0.2, 0.25) is 0 Å². The van der Waals surface area contributed by atoms with Crippen LogP contribution in [0.4, 0.5) is 9.93 Å². The molecule has 0 aliphatic heterocycles. The molecule has 0 spiro atoms. The molecule has 0 saturated heterocycles. The normalized spacial score (nSPS) is 10.8. The summed E-state index contributed by atoms with van der Waals surface area (Å²) in [6.45, 7) is 0.432. The van der Waals surface area contributed by atoms with Crippen LogP contribution in [0.15, 0.2) is 60.9 Å². The zero-order chi connectivity index (χ0) is 17.9. The molecule has 3 heterocycles. The highest BCUT2D eigenvalue weighted by Crippen LogP contribution is 2.21. The van der Waals surface area contributed by atoms with Crippen molar-refractivity contribution in [2.75, 3.05) is 12.4 Å². The Bertz CT molecular complexity index is 1040. The molecule has 3 aromatic heterocycles. The molecule has 4 aromatic rings. The minimum absolute atomic E-state index is 0.244. The summed E-state index contributed by atoms with van der Waals surface area (Å²) in [5.74, 6) is 0.607. The van der Waals surface area contributed by atoms with Crippen LogP contribution in [0.3, 0.4) is 0 Å². The average Bonchev–Trinajstić information content (AvgIpc) is 3.30. The smallest absolute Gasteiger partial charge is 0.322 e. The van der Waals surface area contributed by atoms with Crippen LogP contribution >= 0.6 is 11.5 Å². The zero-order valence-corrected chi connectivity index (χ0v) is 14.8. The van der Waals surface area contributed by atoms with Crippen LogP contribution in [0, 0.1) is 0 Å². The lowest BCUT2D eigenvalue weighted by molar-refractivity contribution is 0.220. The minimum atomic E-state index is -0.244. The summed E-state index contributed by atoms with van der Waals surface area (Å²) in [6.07, 6.45) is 3.71. The number of fused-ring (bicyclic) bond motifs is 1. The zero-order valence-electron chi connectivity index (χ0n) is 14.0. The number of benzene rings is 1. The Morgan fingerprint density at radius 2 is 2.00 bits per heavy atom. The maximum atomic E-state index is 12.4. The maximum absolute atomic E-state index is 12.4. The first kappa shape index (κ1) is 16.2. The van der Waals surface area contributed by atoms with Gasteiger partial charge in [0.1, 0.15) is 5.65 Å². The summed E-state index contributed by atoms with van der Waals surface area (Å²) in [5, 5.41) is 3.27. The van der Waals surface area contributed by atoms with E-state index in [0.717, 1.165) is 28.4 Å². The molecule has 0 atom stereocenters. The lowest BCUT2D eigenvalue weighted by atomic mass is 10.2. The van der Waals surface area contributed by atoms with Crippen molar-refractivity contribution in [3.63, 3.8) is 0 Å². The Morgan fingerprint density at radius 1 is 1.19 bits per heavy atom. The van der Waals surface area contributed by atoms with Crippen molar-refractivity contribution in [3.05, 3.63) is 66.6 Å². The van der Waals surface area contributed by atoms with Gasteiger partial charge in [0, 0.05) is 30.3 Å². The fraction of sp³-hybridized carbons (Fsp3) is 0.111. The molecule has 0 bridgehead atoms. The van der Waals surface area contributed by atoms with Gasteiger partial charge in [0.05, 0.1) is 18.4 Å². The van der Waals surface area contributed by atoms with Gasteiger partial charge in [-0.1, -0.05) is 36.4 Å². The molecule has 26 heavy (non-hydrogen) atoms. The van der Waals surface area contributed by atoms with Gasteiger partial charge in [-0.2, -0.15) is 9.36 Å². The van der Waals surface area contributed by atoms with Gasteiger partial charge in [0.2, 0.25) is 5.13 Å². The van der Waals surface area contributed by atoms with E-state index in [1.807, 2.05) is 59.1 Å². The Labute approximate surface area is 154 Å². The molecule has 0 aliphatic carbocycles. The summed E-state index contributed by atoms with van der Waals surface area (Å²) >= 11 is 1.16. The number of nitrogens with zero attached hydrogens (tertiary/aromatic N) is 5. The third-order valence-electron chi connectivity index (χ3n) is 3.91. The molecule has 0 radical (unpaired) electrons. The lowest BCUT2D eigenvalue weighted by Gasteiger charge is -2.16. The molecule has 0 saturated carbocycles. The van der Waals surface area contributed by atoms with E-state index in [4.69, 9.17) is 0 Å². The standard InChI is InChI=1S/C18H16N6OS/c1-23(12-14-11-19-15-9-5-6-10-24(14)15)18(25)21-17-20-16(22-26-17)13-7-3-2-4-8-13/h2-11H,12H2,1H3,(H,20,21,22,25). The van der Waals surface area contributed by atoms with Crippen LogP contribution in [0.25, 0.3) is 17.0 Å². The number of urea groups is 1. The summed E-state index contributed by atoms with van der Waals surface area (Å²) in [5.41, 5.74) is 2.71. The molecule has 0 unspecified atom stereocenters. The Morgan fingerprint density at radius 3 is 2.85 bits per heavy atom. The molecule has 8 heteroatoms. The van der Waals surface area contributed by atoms with E-state index in [1.165, 1.54) is 0 Å². The highest BCUT2D eigenvalue weighted by atomic mass is 32.1. The largest absolute Gasteiger partial charge is 0.323 e. The summed E-state index contributed by atoms with van der Waals surface area (Å²) in [7, 11) is 1.73. The average molecular weight is 364 g/mol. The van der Waals surface area contributed by atoms with Gasteiger partial charge in [-0.05, 0) is 12.1 Å². The van der Waals surface area contributed by atoms with Crippen molar-refractivity contribution in [2.45, 2.75) is 6.54 Å². The van der Waals surface area contributed by atoms with Crippen molar-refractivity contribution < 1.29 is 4.79 Å². The van der Waals surface area contributed by atoms with Gasteiger partial charge in [-0.25, -0.2) is 9.78 Å². The first-order valence-electron chi connectivity index (χ1n) is 8.03. The molecule has 2 amide bonds.